The van der Waals surface area contributed by atoms with E-state index >= 15 is 0 Å². The maximum Gasteiger partial charge on any atom is 0.419 e. The van der Waals surface area contributed by atoms with Gasteiger partial charge in [0.1, 0.15) is 11.5 Å². The number of benzene rings is 2. The summed E-state index contributed by atoms with van der Waals surface area (Å²) in [5, 5.41) is 0.247. The molecule has 2 aromatic rings. The molecule has 0 amide bonds. The number of halogens is 4. The predicted octanol–water partition coefficient (Wildman–Crippen LogP) is 4.92. The molecule has 0 atom stereocenters. The minimum atomic E-state index is -4.53. The zero-order valence-corrected chi connectivity index (χ0v) is 11.9. The van der Waals surface area contributed by atoms with Crippen LogP contribution < -0.4 is 10.5 Å². The lowest BCUT2D eigenvalue weighted by Crippen LogP contribution is -2.09. The van der Waals surface area contributed by atoms with Gasteiger partial charge in [-0.25, -0.2) is 0 Å². The van der Waals surface area contributed by atoms with Crippen LogP contribution in [0.25, 0.3) is 0 Å². The number of aryl methyl sites for hydroxylation is 1. The summed E-state index contributed by atoms with van der Waals surface area (Å²) in [5.41, 5.74) is 5.72. The summed E-state index contributed by atoms with van der Waals surface area (Å²) < 4.78 is 44.6. The van der Waals surface area contributed by atoms with Crippen molar-refractivity contribution < 1.29 is 17.9 Å². The molecular formula is C15H13ClF3NO. The maximum atomic E-state index is 13.1. The molecule has 0 bridgehead atoms. The zero-order chi connectivity index (χ0) is 15.6. The van der Waals surface area contributed by atoms with E-state index in [4.69, 9.17) is 22.1 Å². The molecule has 21 heavy (non-hydrogen) atoms. The van der Waals surface area contributed by atoms with Gasteiger partial charge in [0.25, 0.3) is 0 Å². The van der Waals surface area contributed by atoms with Crippen molar-refractivity contribution in [3.63, 3.8) is 0 Å². The van der Waals surface area contributed by atoms with Crippen LogP contribution in [-0.2, 0) is 12.7 Å². The van der Waals surface area contributed by atoms with Gasteiger partial charge in [0.15, 0.2) is 0 Å². The molecule has 2 nitrogen and oxygen atoms in total. The fourth-order valence-electron chi connectivity index (χ4n) is 1.82. The standard InChI is InChI=1S/C15H13ClF3NO/c1-9-2-4-12(16)14(6-9)21-13-5-3-10(8-20)7-11(13)15(17,18)19/h2-7H,8,20H2,1H3. The average Bonchev–Trinajstić information content (AvgIpc) is 2.42. The van der Waals surface area contributed by atoms with Gasteiger partial charge < -0.3 is 10.5 Å². The molecular weight excluding hydrogens is 303 g/mol. The number of hydrogen-bond donors (Lipinski definition) is 1. The molecule has 0 unspecified atom stereocenters. The SMILES string of the molecule is Cc1ccc(Cl)c(Oc2ccc(CN)cc2C(F)(F)F)c1. The topological polar surface area (TPSA) is 35.2 Å². The molecule has 0 aliphatic heterocycles. The van der Waals surface area contributed by atoms with Crippen molar-refractivity contribution in [3.8, 4) is 11.5 Å². The first kappa shape index (κ1) is 15.7. The molecule has 0 aliphatic carbocycles. The van der Waals surface area contributed by atoms with Crippen LogP contribution in [0.2, 0.25) is 5.02 Å². The second-order valence-corrected chi connectivity index (χ2v) is 4.98. The molecule has 0 radical (unpaired) electrons. The Kier molecular flexibility index (Phi) is 4.44. The predicted molar refractivity (Wildman–Crippen MR) is 75.6 cm³/mol. The van der Waals surface area contributed by atoms with Gasteiger partial charge in [0.05, 0.1) is 10.6 Å². The van der Waals surface area contributed by atoms with Gasteiger partial charge in [-0.3, -0.25) is 0 Å². The average molecular weight is 316 g/mol. The molecule has 0 heterocycles. The zero-order valence-electron chi connectivity index (χ0n) is 11.2. The lowest BCUT2D eigenvalue weighted by Gasteiger charge is -2.15. The first-order valence-corrected chi connectivity index (χ1v) is 6.53. The molecule has 0 fully saturated rings. The molecule has 0 saturated carbocycles. The number of ether oxygens (including phenoxy) is 1. The fourth-order valence-corrected chi connectivity index (χ4v) is 1.98. The second kappa shape index (κ2) is 5.95. The van der Waals surface area contributed by atoms with Crippen molar-refractivity contribution in [3.05, 3.63) is 58.1 Å². The van der Waals surface area contributed by atoms with E-state index in [1.54, 1.807) is 25.1 Å². The van der Waals surface area contributed by atoms with E-state index in [0.717, 1.165) is 11.6 Å². The summed E-state index contributed by atoms with van der Waals surface area (Å²) in [6, 6.07) is 8.64. The van der Waals surface area contributed by atoms with Crippen molar-refractivity contribution in [1.82, 2.24) is 0 Å². The second-order valence-electron chi connectivity index (χ2n) is 4.57. The Labute approximate surface area is 125 Å². The van der Waals surface area contributed by atoms with E-state index in [1.165, 1.54) is 12.1 Å². The third-order valence-electron chi connectivity index (χ3n) is 2.89. The molecule has 0 aliphatic rings. The Morgan fingerprint density at radius 3 is 2.43 bits per heavy atom. The van der Waals surface area contributed by atoms with Crippen molar-refractivity contribution in [1.29, 1.82) is 0 Å². The maximum absolute atomic E-state index is 13.1. The Hall–Kier alpha value is -1.72. The molecule has 0 aromatic heterocycles. The van der Waals surface area contributed by atoms with E-state index in [-0.39, 0.29) is 23.1 Å². The lowest BCUT2D eigenvalue weighted by atomic mass is 10.1. The normalized spacial score (nSPS) is 11.5. The van der Waals surface area contributed by atoms with Crippen molar-refractivity contribution in [2.45, 2.75) is 19.6 Å². The quantitative estimate of drug-likeness (QED) is 0.872. The van der Waals surface area contributed by atoms with Gasteiger partial charge >= 0.3 is 6.18 Å². The van der Waals surface area contributed by atoms with Gasteiger partial charge in [-0.15, -0.1) is 0 Å². The van der Waals surface area contributed by atoms with Crippen molar-refractivity contribution >= 4 is 11.6 Å². The Bertz CT molecular complexity index is 656. The third kappa shape index (κ3) is 3.68. The molecule has 2 N–H and O–H groups in total. The molecule has 0 saturated heterocycles. The smallest absolute Gasteiger partial charge is 0.419 e. The van der Waals surface area contributed by atoms with Gasteiger partial charge in [-0.05, 0) is 42.3 Å². The number of nitrogens with two attached hydrogens (primary N) is 1. The highest BCUT2D eigenvalue weighted by Gasteiger charge is 2.35. The summed E-state index contributed by atoms with van der Waals surface area (Å²) in [6.45, 7) is 1.82. The third-order valence-corrected chi connectivity index (χ3v) is 3.20. The van der Waals surface area contributed by atoms with Crippen LogP contribution in [0.3, 0.4) is 0 Å². The minimum Gasteiger partial charge on any atom is -0.455 e. The van der Waals surface area contributed by atoms with E-state index in [0.29, 0.717) is 5.56 Å². The highest BCUT2D eigenvalue weighted by atomic mass is 35.5. The van der Waals surface area contributed by atoms with Crippen LogP contribution in [0.15, 0.2) is 36.4 Å². The summed E-state index contributed by atoms with van der Waals surface area (Å²) in [4.78, 5) is 0. The minimum absolute atomic E-state index is 0.0224. The largest absolute Gasteiger partial charge is 0.455 e. The van der Waals surface area contributed by atoms with Gasteiger partial charge in [-0.1, -0.05) is 23.7 Å². The highest BCUT2D eigenvalue weighted by molar-refractivity contribution is 6.32. The van der Waals surface area contributed by atoms with Crippen LogP contribution in [0.5, 0.6) is 11.5 Å². The number of alkyl halides is 3. The number of rotatable bonds is 3. The van der Waals surface area contributed by atoms with Crippen molar-refractivity contribution in [2.75, 3.05) is 0 Å². The van der Waals surface area contributed by atoms with Crippen LogP contribution in [-0.4, -0.2) is 0 Å². The Morgan fingerprint density at radius 2 is 1.81 bits per heavy atom. The molecule has 0 spiro atoms. The highest BCUT2D eigenvalue weighted by Crippen LogP contribution is 2.40. The van der Waals surface area contributed by atoms with E-state index in [1.807, 2.05) is 0 Å². The lowest BCUT2D eigenvalue weighted by molar-refractivity contribution is -0.138. The summed E-state index contributed by atoms with van der Waals surface area (Å²) >= 11 is 5.95. The van der Waals surface area contributed by atoms with Gasteiger partial charge in [0, 0.05) is 6.54 Å². The van der Waals surface area contributed by atoms with Crippen LogP contribution in [0, 0.1) is 6.92 Å². The summed E-state index contributed by atoms with van der Waals surface area (Å²) in [7, 11) is 0. The van der Waals surface area contributed by atoms with Crippen molar-refractivity contribution in [2.24, 2.45) is 5.73 Å². The van der Waals surface area contributed by atoms with E-state index < -0.39 is 11.7 Å². The molecule has 112 valence electrons. The van der Waals surface area contributed by atoms with Crippen LogP contribution in [0.1, 0.15) is 16.7 Å². The molecule has 6 heteroatoms. The van der Waals surface area contributed by atoms with Gasteiger partial charge in [-0.2, -0.15) is 13.2 Å². The van der Waals surface area contributed by atoms with Crippen LogP contribution >= 0.6 is 11.6 Å². The van der Waals surface area contributed by atoms with Crippen LogP contribution in [0.4, 0.5) is 13.2 Å². The Balaban J connectivity index is 2.46. The monoisotopic (exact) mass is 315 g/mol. The van der Waals surface area contributed by atoms with Gasteiger partial charge in [0.2, 0.25) is 0 Å². The first-order valence-electron chi connectivity index (χ1n) is 6.15. The summed E-state index contributed by atoms with van der Waals surface area (Å²) in [6.07, 6.45) is -4.53. The summed E-state index contributed by atoms with van der Waals surface area (Å²) in [5.74, 6) is -0.116. The number of hydrogen-bond acceptors (Lipinski definition) is 2. The Morgan fingerprint density at radius 1 is 1.10 bits per heavy atom. The first-order chi connectivity index (χ1) is 9.81. The molecule has 2 rings (SSSR count). The van der Waals surface area contributed by atoms with E-state index in [2.05, 4.69) is 0 Å². The fraction of sp³-hybridized carbons (Fsp3) is 0.200. The molecule has 2 aromatic carbocycles. The van der Waals surface area contributed by atoms with E-state index in [9.17, 15) is 13.2 Å².